The van der Waals surface area contributed by atoms with Gasteiger partial charge in [0.15, 0.2) is 0 Å². The lowest BCUT2D eigenvalue weighted by molar-refractivity contribution is -0.125. The normalized spacial score (nSPS) is 20.0. The van der Waals surface area contributed by atoms with E-state index in [1.165, 1.54) is 0 Å². The van der Waals surface area contributed by atoms with Crippen LogP contribution in [-0.2, 0) is 19.7 Å². The van der Waals surface area contributed by atoms with Gasteiger partial charge in [-0.3, -0.25) is 9.59 Å². The highest BCUT2D eigenvalue weighted by atomic mass is 16.5. The highest BCUT2D eigenvalue weighted by Gasteiger charge is 2.48. The molecule has 2 unspecified atom stereocenters. The van der Waals surface area contributed by atoms with E-state index in [9.17, 15) is 9.59 Å². The smallest absolute Gasteiger partial charge is 0.228 e. The number of anilines is 1. The molecule has 0 saturated heterocycles. The third-order valence-corrected chi connectivity index (χ3v) is 4.06. The maximum Gasteiger partial charge on any atom is 0.228 e. The molecule has 2 amide bonds. The van der Waals surface area contributed by atoms with E-state index in [2.05, 4.69) is 31.4 Å². The summed E-state index contributed by atoms with van der Waals surface area (Å²) in [4.78, 5) is 24.3. The van der Waals surface area contributed by atoms with E-state index in [0.717, 1.165) is 11.3 Å². The largest absolute Gasteiger partial charge is 0.383 e. The van der Waals surface area contributed by atoms with E-state index < -0.39 is 0 Å². The van der Waals surface area contributed by atoms with Crippen molar-refractivity contribution in [1.29, 1.82) is 0 Å². The van der Waals surface area contributed by atoms with Crippen molar-refractivity contribution in [2.75, 3.05) is 25.6 Å². The third-order valence-electron chi connectivity index (χ3n) is 4.06. The van der Waals surface area contributed by atoms with Crippen LogP contribution in [0.25, 0.3) is 0 Å². The van der Waals surface area contributed by atoms with E-state index >= 15 is 0 Å². The number of amides is 2. The molecule has 2 N–H and O–H groups in total. The molecule has 0 aliphatic heterocycles. The Kier molecular flexibility index (Phi) is 5.42. The minimum absolute atomic E-state index is 0.0512. The van der Waals surface area contributed by atoms with Crippen LogP contribution in [0.2, 0.25) is 0 Å². The minimum Gasteiger partial charge on any atom is -0.383 e. The Labute approximate surface area is 137 Å². The Balaban J connectivity index is 1.93. The standard InChI is InChI=1S/C18H26N2O3/c1-18(2,3)14-7-5-6-8-15(14)20-17(22)13-11-12(13)16(21)19-9-10-23-4/h5-8,12-13H,9-11H2,1-4H3,(H,19,21)(H,20,22). The van der Waals surface area contributed by atoms with Crippen molar-refractivity contribution in [1.82, 2.24) is 5.32 Å². The zero-order valence-electron chi connectivity index (χ0n) is 14.3. The van der Waals surface area contributed by atoms with Crippen molar-refractivity contribution >= 4 is 17.5 Å². The topological polar surface area (TPSA) is 67.4 Å². The number of nitrogens with one attached hydrogen (secondary N) is 2. The second-order valence-corrected chi connectivity index (χ2v) is 7.02. The summed E-state index contributed by atoms with van der Waals surface area (Å²) in [6.45, 7) is 7.30. The monoisotopic (exact) mass is 318 g/mol. The van der Waals surface area contributed by atoms with Gasteiger partial charge < -0.3 is 15.4 Å². The van der Waals surface area contributed by atoms with Crippen LogP contribution in [0.1, 0.15) is 32.8 Å². The molecule has 1 aromatic carbocycles. The Morgan fingerprint density at radius 2 is 1.83 bits per heavy atom. The number of benzene rings is 1. The Bertz CT molecular complexity index is 578. The van der Waals surface area contributed by atoms with Crippen LogP contribution < -0.4 is 10.6 Å². The first-order valence-electron chi connectivity index (χ1n) is 8.01. The molecule has 1 aliphatic rings. The Morgan fingerprint density at radius 3 is 2.48 bits per heavy atom. The summed E-state index contributed by atoms with van der Waals surface area (Å²) in [5.41, 5.74) is 1.87. The summed E-state index contributed by atoms with van der Waals surface area (Å²) in [5.74, 6) is -0.584. The number of rotatable bonds is 6. The Morgan fingerprint density at radius 1 is 1.17 bits per heavy atom. The van der Waals surface area contributed by atoms with Gasteiger partial charge in [0.1, 0.15) is 0 Å². The fourth-order valence-electron chi connectivity index (χ4n) is 2.65. The highest BCUT2D eigenvalue weighted by molar-refractivity contribution is 6.00. The molecule has 2 rings (SSSR count). The second-order valence-electron chi connectivity index (χ2n) is 7.02. The summed E-state index contributed by atoms with van der Waals surface area (Å²) in [6, 6.07) is 7.82. The number of hydrogen-bond donors (Lipinski definition) is 2. The second kappa shape index (κ2) is 7.13. The molecule has 23 heavy (non-hydrogen) atoms. The van der Waals surface area contributed by atoms with E-state index in [1.54, 1.807) is 7.11 Å². The molecule has 5 heteroatoms. The third kappa shape index (κ3) is 4.55. The maximum absolute atomic E-state index is 12.4. The van der Waals surface area contributed by atoms with Gasteiger partial charge in [0.25, 0.3) is 0 Å². The number of ether oxygens (including phenoxy) is 1. The van der Waals surface area contributed by atoms with Crippen LogP contribution in [0.15, 0.2) is 24.3 Å². The summed E-state index contributed by atoms with van der Waals surface area (Å²) >= 11 is 0. The molecule has 2 atom stereocenters. The zero-order valence-corrected chi connectivity index (χ0v) is 14.3. The number of carbonyl (C=O) groups is 2. The molecule has 0 bridgehead atoms. The van der Waals surface area contributed by atoms with E-state index in [-0.39, 0.29) is 29.1 Å². The maximum atomic E-state index is 12.4. The zero-order chi connectivity index (χ0) is 17.0. The first-order chi connectivity index (χ1) is 10.8. The Hall–Kier alpha value is -1.88. The SMILES string of the molecule is COCCNC(=O)C1CC1C(=O)Nc1ccccc1C(C)(C)C. The van der Waals surface area contributed by atoms with E-state index in [1.807, 2.05) is 24.3 Å². The van der Waals surface area contributed by atoms with Gasteiger partial charge in [0.2, 0.25) is 11.8 Å². The lowest BCUT2D eigenvalue weighted by Gasteiger charge is -2.23. The molecule has 1 aliphatic carbocycles. The van der Waals surface area contributed by atoms with Gasteiger partial charge in [-0.2, -0.15) is 0 Å². The lowest BCUT2D eigenvalue weighted by atomic mass is 9.86. The van der Waals surface area contributed by atoms with Crippen LogP contribution in [0.5, 0.6) is 0 Å². The summed E-state index contributed by atoms with van der Waals surface area (Å²) in [7, 11) is 1.59. The van der Waals surface area contributed by atoms with E-state index in [0.29, 0.717) is 19.6 Å². The molecule has 0 radical (unpaired) electrons. The molecular weight excluding hydrogens is 292 g/mol. The van der Waals surface area contributed by atoms with Crippen LogP contribution in [0, 0.1) is 11.8 Å². The van der Waals surface area contributed by atoms with Crippen molar-refractivity contribution in [3.05, 3.63) is 29.8 Å². The first-order valence-corrected chi connectivity index (χ1v) is 8.01. The molecule has 1 aromatic rings. The van der Waals surface area contributed by atoms with Gasteiger partial charge in [-0.25, -0.2) is 0 Å². The van der Waals surface area contributed by atoms with Crippen molar-refractivity contribution in [3.63, 3.8) is 0 Å². The van der Waals surface area contributed by atoms with Crippen LogP contribution in [-0.4, -0.2) is 32.1 Å². The fourth-order valence-corrected chi connectivity index (χ4v) is 2.65. The van der Waals surface area contributed by atoms with Gasteiger partial charge in [-0.1, -0.05) is 39.0 Å². The average molecular weight is 318 g/mol. The predicted octanol–water partition coefficient (Wildman–Crippen LogP) is 2.32. The van der Waals surface area contributed by atoms with Crippen LogP contribution in [0.4, 0.5) is 5.69 Å². The molecule has 5 nitrogen and oxygen atoms in total. The van der Waals surface area contributed by atoms with Gasteiger partial charge >= 0.3 is 0 Å². The quantitative estimate of drug-likeness (QED) is 0.791. The minimum atomic E-state index is -0.231. The van der Waals surface area contributed by atoms with Crippen LogP contribution >= 0.6 is 0 Å². The number of methoxy groups -OCH3 is 1. The highest BCUT2D eigenvalue weighted by Crippen LogP contribution is 2.40. The number of hydrogen-bond acceptors (Lipinski definition) is 3. The molecule has 0 heterocycles. The van der Waals surface area contributed by atoms with Gasteiger partial charge in [0, 0.05) is 19.3 Å². The number of para-hydroxylation sites is 1. The molecule has 1 fully saturated rings. The number of carbonyl (C=O) groups excluding carboxylic acids is 2. The lowest BCUT2D eigenvalue weighted by Crippen LogP contribution is -2.30. The summed E-state index contributed by atoms with van der Waals surface area (Å²) in [6.07, 6.45) is 0.613. The van der Waals surface area contributed by atoms with Crippen molar-refractivity contribution in [2.45, 2.75) is 32.6 Å². The molecule has 0 spiro atoms. The summed E-state index contributed by atoms with van der Waals surface area (Å²) in [5, 5.41) is 5.77. The average Bonchev–Trinajstić information content (AvgIpc) is 3.27. The van der Waals surface area contributed by atoms with Gasteiger partial charge in [-0.05, 0) is 23.5 Å². The first kappa shape index (κ1) is 17.5. The van der Waals surface area contributed by atoms with E-state index in [4.69, 9.17) is 4.74 Å². The summed E-state index contributed by atoms with van der Waals surface area (Å²) < 4.78 is 4.90. The van der Waals surface area contributed by atoms with Crippen LogP contribution in [0.3, 0.4) is 0 Å². The molecular formula is C18H26N2O3. The van der Waals surface area contributed by atoms with Crippen molar-refractivity contribution in [2.24, 2.45) is 11.8 Å². The van der Waals surface area contributed by atoms with Crippen molar-refractivity contribution < 1.29 is 14.3 Å². The fraction of sp³-hybridized carbons (Fsp3) is 0.556. The molecule has 1 saturated carbocycles. The predicted molar refractivity (Wildman–Crippen MR) is 90.3 cm³/mol. The van der Waals surface area contributed by atoms with Crippen molar-refractivity contribution in [3.8, 4) is 0 Å². The molecule has 126 valence electrons. The van der Waals surface area contributed by atoms with Gasteiger partial charge in [0.05, 0.1) is 18.4 Å². The molecule has 0 aromatic heterocycles. The van der Waals surface area contributed by atoms with Gasteiger partial charge in [-0.15, -0.1) is 0 Å².